The molecular weight excluding hydrogens is 206 g/mol. The fourth-order valence-electron chi connectivity index (χ4n) is 2.17. The Kier molecular flexibility index (Phi) is 2.30. The number of para-hydroxylation sites is 1. The van der Waals surface area contributed by atoms with Crippen molar-refractivity contribution in [3.63, 3.8) is 0 Å². The number of carbonyl (C=O) groups is 1. The molecule has 0 spiro atoms. The van der Waals surface area contributed by atoms with Crippen molar-refractivity contribution >= 4 is 6.09 Å². The maximum atomic E-state index is 11.0. The average molecular weight is 221 g/mol. The van der Waals surface area contributed by atoms with E-state index in [0.717, 1.165) is 11.3 Å². The molecule has 2 rings (SSSR count). The lowest BCUT2D eigenvalue weighted by molar-refractivity contribution is 0.0220. The van der Waals surface area contributed by atoms with E-state index in [1.165, 1.54) is 11.9 Å². The van der Waals surface area contributed by atoms with Gasteiger partial charge in [0, 0.05) is 18.0 Å². The zero-order valence-electron chi connectivity index (χ0n) is 9.60. The number of rotatable bonds is 1. The van der Waals surface area contributed by atoms with E-state index in [2.05, 4.69) is 0 Å². The van der Waals surface area contributed by atoms with Gasteiger partial charge in [0.2, 0.25) is 0 Å². The Morgan fingerprint density at radius 1 is 1.44 bits per heavy atom. The smallest absolute Gasteiger partial charge is 0.409 e. The molecule has 0 saturated carbocycles. The van der Waals surface area contributed by atoms with Gasteiger partial charge in [-0.1, -0.05) is 32.0 Å². The number of benzene rings is 1. The number of amides is 1. The van der Waals surface area contributed by atoms with Crippen molar-refractivity contribution < 1.29 is 14.6 Å². The van der Waals surface area contributed by atoms with Crippen LogP contribution in [0.25, 0.3) is 0 Å². The van der Waals surface area contributed by atoms with E-state index >= 15 is 0 Å². The number of hydrogen-bond donors (Lipinski definition) is 1. The van der Waals surface area contributed by atoms with Crippen LogP contribution in [0.5, 0.6) is 5.75 Å². The maximum absolute atomic E-state index is 11.0. The minimum Gasteiger partial charge on any atom is -0.469 e. The van der Waals surface area contributed by atoms with Gasteiger partial charge < -0.3 is 9.84 Å². The summed E-state index contributed by atoms with van der Waals surface area (Å²) in [6.45, 7) is 3.98. The molecule has 0 fully saturated rings. The third-order valence-corrected chi connectivity index (χ3v) is 3.09. The zero-order chi connectivity index (χ0) is 11.9. The summed E-state index contributed by atoms with van der Waals surface area (Å²) in [5.74, 6) is 0.769. The molecule has 4 nitrogen and oxygen atoms in total. The quantitative estimate of drug-likeness (QED) is 0.791. The predicted octanol–water partition coefficient (Wildman–Crippen LogP) is 2.29. The molecular formula is C12H15NO3. The molecule has 1 atom stereocenters. The molecule has 1 aliphatic heterocycles. The van der Waals surface area contributed by atoms with Crippen LogP contribution in [0.2, 0.25) is 0 Å². The van der Waals surface area contributed by atoms with Gasteiger partial charge in [-0.2, -0.15) is 0 Å². The second-order valence-electron chi connectivity index (χ2n) is 4.58. The van der Waals surface area contributed by atoms with Crippen molar-refractivity contribution in [1.29, 1.82) is 0 Å². The molecule has 1 aromatic carbocycles. The highest BCUT2D eigenvalue weighted by Gasteiger charge is 2.45. The Hall–Kier alpha value is -1.71. The SMILES string of the molecule is CN(C(=O)O)C1Oc2ccccc2C1(C)C. The van der Waals surface area contributed by atoms with Gasteiger partial charge in [0.1, 0.15) is 5.75 Å². The first-order valence-electron chi connectivity index (χ1n) is 5.16. The highest BCUT2D eigenvalue weighted by Crippen LogP contribution is 2.43. The van der Waals surface area contributed by atoms with E-state index in [1.54, 1.807) is 0 Å². The minimum atomic E-state index is -0.981. The Labute approximate surface area is 94.4 Å². The summed E-state index contributed by atoms with van der Waals surface area (Å²) in [4.78, 5) is 12.2. The van der Waals surface area contributed by atoms with Crippen LogP contribution < -0.4 is 4.74 Å². The molecule has 1 heterocycles. The van der Waals surface area contributed by atoms with Crippen molar-refractivity contribution in [3.05, 3.63) is 29.8 Å². The van der Waals surface area contributed by atoms with Gasteiger partial charge in [-0.15, -0.1) is 0 Å². The Bertz CT molecular complexity index is 428. The molecule has 0 bridgehead atoms. The van der Waals surface area contributed by atoms with Gasteiger partial charge >= 0.3 is 6.09 Å². The van der Waals surface area contributed by atoms with Gasteiger partial charge in [-0.25, -0.2) is 4.79 Å². The predicted molar refractivity (Wildman–Crippen MR) is 59.7 cm³/mol. The number of carboxylic acid groups (broad SMARTS) is 1. The van der Waals surface area contributed by atoms with Gasteiger partial charge in [0.05, 0.1) is 0 Å². The van der Waals surface area contributed by atoms with Crippen LogP contribution >= 0.6 is 0 Å². The van der Waals surface area contributed by atoms with Gasteiger partial charge in [-0.3, -0.25) is 4.90 Å². The van der Waals surface area contributed by atoms with Crippen molar-refractivity contribution in [2.24, 2.45) is 0 Å². The molecule has 1 aliphatic rings. The number of ether oxygens (including phenoxy) is 1. The molecule has 0 radical (unpaired) electrons. The van der Waals surface area contributed by atoms with E-state index in [-0.39, 0.29) is 5.41 Å². The summed E-state index contributed by atoms with van der Waals surface area (Å²) >= 11 is 0. The standard InChI is InChI=1S/C12H15NO3/c1-12(2)8-6-4-5-7-9(8)16-10(12)13(3)11(14)15/h4-7,10H,1-3H3,(H,14,15). The van der Waals surface area contributed by atoms with Crippen molar-refractivity contribution in [2.75, 3.05) is 7.05 Å². The topological polar surface area (TPSA) is 49.8 Å². The Balaban J connectivity index is 2.39. The first kappa shape index (κ1) is 10.8. The first-order chi connectivity index (χ1) is 7.44. The van der Waals surface area contributed by atoms with Crippen LogP contribution in [0.1, 0.15) is 19.4 Å². The molecule has 16 heavy (non-hydrogen) atoms. The summed E-state index contributed by atoms with van der Waals surface area (Å²) in [7, 11) is 1.53. The molecule has 1 aromatic rings. The van der Waals surface area contributed by atoms with E-state index < -0.39 is 12.3 Å². The fourth-order valence-corrected chi connectivity index (χ4v) is 2.17. The summed E-state index contributed by atoms with van der Waals surface area (Å²) in [5.41, 5.74) is 0.720. The molecule has 0 saturated heterocycles. The zero-order valence-corrected chi connectivity index (χ0v) is 9.60. The number of nitrogens with zero attached hydrogens (tertiary/aromatic N) is 1. The van der Waals surface area contributed by atoms with Crippen LogP contribution in [-0.4, -0.2) is 29.4 Å². The van der Waals surface area contributed by atoms with Crippen LogP contribution in [0, 0.1) is 0 Å². The maximum Gasteiger partial charge on any atom is 0.409 e. The van der Waals surface area contributed by atoms with Crippen LogP contribution in [0.3, 0.4) is 0 Å². The summed E-state index contributed by atoms with van der Waals surface area (Å²) in [6, 6.07) is 7.67. The number of fused-ring (bicyclic) bond motifs is 1. The fraction of sp³-hybridized carbons (Fsp3) is 0.417. The molecule has 0 aromatic heterocycles. The number of likely N-dealkylation sites (N-methyl/N-ethyl adjacent to an activating group) is 1. The second-order valence-corrected chi connectivity index (χ2v) is 4.58. The normalized spacial score (nSPS) is 21.1. The third-order valence-electron chi connectivity index (χ3n) is 3.09. The first-order valence-corrected chi connectivity index (χ1v) is 5.16. The van der Waals surface area contributed by atoms with Crippen LogP contribution in [0.15, 0.2) is 24.3 Å². The van der Waals surface area contributed by atoms with Gasteiger partial charge in [-0.05, 0) is 6.07 Å². The summed E-state index contributed by atoms with van der Waals surface area (Å²) < 4.78 is 5.69. The average Bonchev–Trinajstić information content (AvgIpc) is 2.50. The molecule has 1 unspecified atom stereocenters. The minimum absolute atomic E-state index is 0.330. The van der Waals surface area contributed by atoms with Crippen molar-refractivity contribution in [3.8, 4) is 5.75 Å². The lowest BCUT2D eigenvalue weighted by Gasteiger charge is -2.31. The van der Waals surface area contributed by atoms with E-state index in [1.807, 2.05) is 38.1 Å². The van der Waals surface area contributed by atoms with E-state index in [0.29, 0.717) is 0 Å². The Morgan fingerprint density at radius 2 is 2.06 bits per heavy atom. The number of hydrogen-bond acceptors (Lipinski definition) is 2. The molecule has 86 valence electrons. The molecule has 0 aliphatic carbocycles. The highest BCUT2D eigenvalue weighted by molar-refractivity contribution is 5.65. The molecule has 1 amide bonds. The summed E-state index contributed by atoms with van der Waals surface area (Å²) in [6.07, 6.45) is -1.45. The molecule has 1 N–H and O–H groups in total. The Morgan fingerprint density at radius 3 is 2.62 bits per heavy atom. The largest absolute Gasteiger partial charge is 0.469 e. The monoisotopic (exact) mass is 221 g/mol. The van der Waals surface area contributed by atoms with Gasteiger partial charge in [0.25, 0.3) is 0 Å². The van der Waals surface area contributed by atoms with Crippen molar-refractivity contribution in [2.45, 2.75) is 25.5 Å². The second kappa shape index (κ2) is 3.40. The molecule has 4 heteroatoms. The van der Waals surface area contributed by atoms with Crippen LogP contribution in [-0.2, 0) is 5.41 Å². The third kappa shape index (κ3) is 1.41. The lowest BCUT2D eigenvalue weighted by Crippen LogP contribution is -2.48. The van der Waals surface area contributed by atoms with Gasteiger partial charge in [0.15, 0.2) is 6.23 Å². The highest BCUT2D eigenvalue weighted by atomic mass is 16.5. The van der Waals surface area contributed by atoms with Crippen molar-refractivity contribution in [1.82, 2.24) is 4.90 Å². The van der Waals surface area contributed by atoms with E-state index in [4.69, 9.17) is 9.84 Å². The van der Waals surface area contributed by atoms with Crippen LogP contribution in [0.4, 0.5) is 4.79 Å². The van der Waals surface area contributed by atoms with E-state index in [9.17, 15) is 4.79 Å². The lowest BCUT2D eigenvalue weighted by atomic mass is 9.84. The summed E-state index contributed by atoms with van der Waals surface area (Å²) in [5, 5.41) is 9.00.